The molecule has 1 heterocycles. The third kappa shape index (κ3) is 3.68. The average molecular weight is 392 g/mol. The number of amides is 1. The van der Waals surface area contributed by atoms with E-state index in [9.17, 15) is 22.8 Å². The highest BCUT2D eigenvalue weighted by Crippen LogP contribution is 2.37. The molecule has 9 heteroatoms. The van der Waals surface area contributed by atoms with Crippen LogP contribution in [-0.2, 0) is 11.0 Å². The van der Waals surface area contributed by atoms with Crippen molar-refractivity contribution in [2.24, 2.45) is 0 Å². The summed E-state index contributed by atoms with van der Waals surface area (Å²) in [7, 11) is 0. The lowest BCUT2D eigenvalue weighted by molar-refractivity contribution is -0.137. The molecular weight excluding hydrogens is 381 g/mol. The van der Waals surface area contributed by atoms with Crippen LogP contribution >= 0.6 is 12.2 Å². The second-order valence-electron chi connectivity index (χ2n) is 5.57. The van der Waals surface area contributed by atoms with Gasteiger partial charge in [-0.3, -0.25) is 9.69 Å². The SMILES string of the molecule is O=C(O)c1ccc(/C=C2\NC(=S)N(c3ccccc3C(F)(F)F)C2=O)cc1. The Bertz CT molecular complexity index is 969. The number of alkyl halides is 3. The fraction of sp³-hybridized carbons (Fsp3) is 0.0556. The van der Waals surface area contributed by atoms with Crippen LogP contribution in [0.4, 0.5) is 18.9 Å². The number of halogens is 3. The van der Waals surface area contributed by atoms with Gasteiger partial charge >= 0.3 is 12.1 Å². The number of para-hydroxylation sites is 1. The van der Waals surface area contributed by atoms with E-state index < -0.39 is 23.6 Å². The summed E-state index contributed by atoms with van der Waals surface area (Å²) < 4.78 is 39.7. The number of hydrogen-bond acceptors (Lipinski definition) is 3. The lowest BCUT2D eigenvalue weighted by atomic mass is 10.1. The number of nitrogens with one attached hydrogen (secondary N) is 1. The average Bonchev–Trinajstić information content (AvgIpc) is 2.88. The quantitative estimate of drug-likeness (QED) is 0.616. The molecule has 1 aliphatic rings. The molecule has 0 radical (unpaired) electrons. The Morgan fingerprint density at radius 3 is 2.33 bits per heavy atom. The summed E-state index contributed by atoms with van der Waals surface area (Å²) in [6.07, 6.45) is -3.26. The molecule has 2 N–H and O–H groups in total. The zero-order chi connectivity index (χ0) is 19.8. The molecule has 0 unspecified atom stereocenters. The molecular formula is C18H11F3N2O3S. The van der Waals surface area contributed by atoms with Crippen molar-refractivity contribution in [3.63, 3.8) is 0 Å². The van der Waals surface area contributed by atoms with Gasteiger partial charge in [0.2, 0.25) is 0 Å². The van der Waals surface area contributed by atoms with Gasteiger partial charge in [0.05, 0.1) is 16.8 Å². The number of aromatic carboxylic acids is 1. The van der Waals surface area contributed by atoms with E-state index in [0.717, 1.165) is 11.0 Å². The van der Waals surface area contributed by atoms with Crippen LogP contribution in [0.1, 0.15) is 21.5 Å². The van der Waals surface area contributed by atoms with E-state index in [1.54, 1.807) is 0 Å². The molecule has 0 spiro atoms. The van der Waals surface area contributed by atoms with Gasteiger partial charge in [0.15, 0.2) is 5.11 Å². The molecule has 2 aromatic rings. The highest BCUT2D eigenvalue weighted by atomic mass is 32.1. The smallest absolute Gasteiger partial charge is 0.418 e. The van der Waals surface area contributed by atoms with E-state index in [1.807, 2.05) is 0 Å². The van der Waals surface area contributed by atoms with Gasteiger partial charge in [-0.25, -0.2) is 4.79 Å². The van der Waals surface area contributed by atoms with E-state index in [-0.39, 0.29) is 22.1 Å². The van der Waals surface area contributed by atoms with Gasteiger partial charge in [0, 0.05) is 0 Å². The van der Waals surface area contributed by atoms with Crippen LogP contribution in [-0.4, -0.2) is 22.1 Å². The Hall–Kier alpha value is -3.20. The minimum atomic E-state index is -4.65. The summed E-state index contributed by atoms with van der Waals surface area (Å²) in [5.74, 6) is -1.83. The zero-order valence-electron chi connectivity index (χ0n) is 13.4. The maximum atomic E-state index is 13.2. The van der Waals surface area contributed by atoms with Crippen LogP contribution < -0.4 is 10.2 Å². The Morgan fingerprint density at radius 1 is 1.11 bits per heavy atom. The molecule has 1 amide bonds. The molecule has 1 fully saturated rings. The number of rotatable bonds is 3. The molecule has 0 bridgehead atoms. The van der Waals surface area contributed by atoms with Crippen LogP contribution in [0.15, 0.2) is 54.2 Å². The first-order valence-electron chi connectivity index (χ1n) is 7.55. The summed E-state index contributed by atoms with van der Waals surface area (Å²) in [6, 6.07) is 10.3. The van der Waals surface area contributed by atoms with E-state index in [4.69, 9.17) is 17.3 Å². The fourth-order valence-electron chi connectivity index (χ4n) is 2.55. The highest BCUT2D eigenvalue weighted by Gasteiger charge is 2.40. The molecule has 1 aliphatic heterocycles. The second kappa shape index (κ2) is 6.84. The minimum Gasteiger partial charge on any atom is -0.478 e. The van der Waals surface area contributed by atoms with E-state index in [1.165, 1.54) is 48.5 Å². The second-order valence-corrected chi connectivity index (χ2v) is 5.96. The molecule has 5 nitrogen and oxygen atoms in total. The molecule has 1 saturated heterocycles. The van der Waals surface area contributed by atoms with Crippen LogP contribution in [0.2, 0.25) is 0 Å². The third-order valence-electron chi connectivity index (χ3n) is 3.80. The van der Waals surface area contributed by atoms with Gasteiger partial charge in [-0.2, -0.15) is 13.2 Å². The minimum absolute atomic E-state index is 0.0138. The van der Waals surface area contributed by atoms with Crippen molar-refractivity contribution >= 4 is 41.0 Å². The number of hydrogen-bond donors (Lipinski definition) is 2. The third-order valence-corrected chi connectivity index (χ3v) is 4.08. The summed E-state index contributed by atoms with van der Waals surface area (Å²) in [5.41, 5.74) is -0.796. The number of carboxylic acid groups (broad SMARTS) is 1. The zero-order valence-corrected chi connectivity index (χ0v) is 14.3. The van der Waals surface area contributed by atoms with E-state index >= 15 is 0 Å². The number of thiocarbonyl (C=S) groups is 1. The number of benzene rings is 2. The predicted molar refractivity (Wildman–Crippen MR) is 96.0 cm³/mol. The van der Waals surface area contributed by atoms with Crippen molar-refractivity contribution < 1.29 is 27.9 Å². The maximum Gasteiger partial charge on any atom is 0.418 e. The Morgan fingerprint density at radius 2 is 1.74 bits per heavy atom. The van der Waals surface area contributed by atoms with E-state index in [0.29, 0.717) is 5.56 Å². The van der Waals surface area contributed by atoms with Crippen LogP contribution in [0.3, 0.4) is 0 Å². The van der Waals surface area contributed by atoms with Gasteiger partial charge in [-0.05, 0) is 48.1 Å². The largest absolute Gasteiger partial charge is 0.478 e. The molecule has 0 saturated carbocycles. The van der Waals surface area contributed by atoms with Gasteiger partial charge in [0.25, 0.3) is 5.91 Å². The normalized spacial score (nSPS) is 16.0. The van der Waals surface area contributed by atoms with Crippen molar-refractivity contribution in [1.82, 2.24) is 5.32 Å². The van der Waals surface area contributed by atoms with Crippen molar-refractivity contribution in [3.05, 3.63) is 70.9 Å². The molecule has 27 heavy (non-hydrogen) atoms. The van der Waals surface area contributed by atoms with Crippen molar-refractivity contribution in [2.45, 2.75) is 6.18 Å². The van der Waals surface area contributed by atoms with E-state index in [2.05, 4.69) is 5.32 Å². The van der Waals surface area contributed by atoms with Gasteiger partial charge in [-0.1, -0.05) is 24.3 Å². The molecule has 0 atom stereocenters. The molecule has 138 valence electrons. The highest BCUT2D eigenvalue weighted by molar-refractivity contribution is 7.80. The van der Waals surface area contributed by atoms with Crippen molar-refractivity contribution in [3.8, 4) is 0 Å². The van der Waals surface area contributed by atoms with Crippen LogP contribution in [0.25, 0.3) is 6.08 Å². The maximum absolute atomic E-state index is 13.2. The monoisotopic (exact) mass is 392 g/mol. The first-order chi connectivity index (χ1) is 12.7. The molecule has 0 aromatic heterocycles. The number of anilines is 1. The number of carbonyl (C=O) groups is 2. The standard InChI is InChI=1S/C18H11F3N2O3S/c19-18(20,21)12-3-1-2-4-14(12)23-15(24)13(22-17(23)27)9-10-5-7-11(8-6-10)16(25)26/h1-9H,(H,22,27)(H,25,26)/b13-9-. The topological polar surface area (TPSA) is 69.6 Å². The Balaban J connectivity index is 1.96. The summed E-state index contributed by atoms with van der Waals surface area (Å²) in [4.78, 5) is 24.3. The Kier molecular flexibility index (Phi) is 4.71. The van der Waals surface area contributed by atoms with Crippen molar-refractivity contribution in [1.29, 1.82) is 0 Å². The fourth-order valence-corrected chi connectivity index (χ4v) is 2.84. The number of carboxylic acids is 1. The van der Waals surface area contributed by atoms with Gasteiger partial charge in [-0.15, -0.1) is 0 Å². The lowest BCUT2D eigenvalue weighted by Crippen LogP contribution is -2.32. The Labute approximate surface area is 156 Å². The predicted octanol–water partition coefficient (Wildman–Crippen LogP) is 3.67. The molecule has 3 rings (SSSR count). The van der Waals surface area contributed by atoms with Crippen molar-refractivity contribution in [2.75, 3.05) is 4.90 Å². The first kappa shape index (κ1) is 18.6. The summed E-state index contributed by atoms with van der Waals surface area (Å²) in [5, 5.41) is 11.3. The van der Waals surface area contributed by atoms with Gasteiger partial charge in [0.1, 0.15) is 5.70 Å². The first-order valence-corrected chi connectivity index (χ1v) is 7.96. The van der Waals surface area contributed by atoms with Crippen LogP contribution in [0.5, 0.6) is 0 Å². The summed E-state index contributed by atoms with van der Waals surface area (Å²) >= 11 is 5.04. The number of nitrogens with zero attached hydrogens (tertiary/aromatic N) is 1. The molecule has 2 aromatic carbocycles. The number of carbonyl (C=O) groups excluding carboxylic acids is 1. The van der Waals surface area contributed by atoms with Crippen LogP contribution in [0, 0.1) is 0 Å². The lowest BCUT2D eigenvalue weighted by Gasteiger charge is -2.19. The molecule has 0 aliphatic carbocycles. The summed E-state index contributed by atoms with van der Waals surface area (Å²) in [6.45, 7) is 0. The van der Waals surface area contributed by atoms with Gasteiger partial charge < -0.3 is 10.4 Å².